The van der Waals surface area contributed by atoms with Crippen LogP contribution in [-0.2, 0) is 4.79 Å². The summed E-state index contributed by atoms with van der Waals surface area (Å²) in [6.07, 6.45) is 2.27. The smallest absolute Gasteiger partial charge is 0.387 e. The van der Waals surface area contributed by atoms with E-state index in [4.69, 9.17) is 10.8 Å². The number of hydrogen-bond donors (Lipinski definition) is 2. The molecule has 0 aliphatic heterocycles. The number of ether oxygens (including phenoxy) is 1. The Morgan fingerprint density at radius 3 is 2.46 bits per heavy atom. The number of alkyl halides is 2. The van der Waals surface area contributed by atoms with E-state index >= 15 is 0 Å². The van der Waals surface area contributed by atoms with Crippen LogP contribution in [0.3, 0.4) is 0 Å². The average Bonchev–Trinajstić information content (AvgIpc) is 2.67. The minimum atomic E-state index is -2.93. The molecule has 0 aliphatic carbocycles. The number of nitrogens with zero attached hydrogens (tertiary/aromatic N) is 2. The van der Waals surface area contributed by atoms with Crippen molar-refractivity contribution in [1.82, 2.24) is 0 Å². The zero-order valence-corrected chi connectivity index (χ0v) is 14.8. The molecular weight excluding hydrogens is 366 g/mol. The van der Waals surface area contributed by atoms with Gasteiger partial charge in [-0.15, -0.1) is 0 Å². The minimum Gasteiger partial charge on any atom is -0.435 e. The molecule has 0 aliphatic rings. The van der Waals surface area contributed by atoms with Crippen molar-refractivity contribution in [3.63, 3.8) is 0 Å². The largest absolute Gasteiger partial charge is 0.435 e. The van der Waals surface area contributed by atoms with Crippen molar-refractivity contribution in [2.75, 3.05) is 0 Å². The summed E-state index contributed by atoms with van der Waals surface area (Å²) >= 11 is 0. The van der Waals surface area contributed by atoms with Gasteiger partial charge in [-0.1, -0.05) is 24.3 Å². The van der Waals surface area contributed by atoms with Gasteiger partial charge in [0.05, 0.1) is 17.1 Å². The molecule has 6 nitrogen and oxygen atoms in total. The monoisotopic (exact) mass is 384 g/mol. The highest BCUT2D eigenvalue weighted by atomic mass is 19.3. The Labute approximate surface area is 160 Å². The predicted molar refractivity (Wildman–Crippen MR) is 106 cm³/mol. The van der Waals surface area contributed by atoms with Crippen LogP contribution in [0.25, 0.3) is 0 Å². The van der Waals surface area contributed by atoms with Gasteiger partial charge in [0.25, 0.3) is 0 Å². The average molecular weight is 384 g/mol. The van der Waals surface area contributed by atoms with E-state index in [1.165, 1.54) is 24.4 Å². The fourth-order valence-electron chi connectivity index (χ4n) is 2.20. The van der Waals surface area contributed by atoms with Gasteiger partial charge in [0.15, 0.2) is 5.78 Å². The van der Waals surface area contributed by atoms with E-state index in [1.54, 1.807) is 30.3 Å². The summed E-state index contributed by atoms with van der Waals surface area (Å²) in [5.41, 5.74) is 0.817. The molecule has 0 amide bonds. The SMILES string of the molecule is N=CCC(=Nc1ccccc1)C(=N)C(=O)CC=Nc1cccc(OC(F)F)c1. The van der Waals surface area contributed by atoms with Crippen LogP contribution in [-0.4, -0.2) is 36.2 Å². The first kappa shape index (κ1) is 20.8. The van der Waals surface area contributed by atoms with E-state index in [-0.39, 0.29) is 30.0 Å². The lowest BCUT2D eigenvalue weighted by Gasteiger charge is -2.05. The van der Waals surface area contributed by atoms with Gasteiger partial charge in [0.2, 0.25) is 0 Å². The molecule has 0 bridgehead atoms. The predicted octanol–water partition coefficient (Wildman–Crippen LogP) is 4.78. The zero-order chi connectivity index (χ0) is 20.4. The van der Waals surface area contributed by atoms with Gasteiger partial charge in [-0.2, -0.15) is 8.78 Å². The van der Waals surface area contributed by atoms with Crippen LogP contribution in [0.15, 0.2) is 64.6 Å². The maximum atomic E-state index is 12.3. The maximum Gasteiger partial charge on any atom is 0.387 e. The lowest BCUT2D eigenvalue weighted by molar-refractivity contribution is -0.111. The van der Waals surface area contributed by atoms with E-state index in [0.717, 1.165) is 6.21 Å². The first-order valence-electron chi connectivity index (χ1n) is 8.30. The van der Waals surface area contributed by atoms with Crippen LogP contribution < -0.4 is 4.74 Å². The molecule has 0 unspecified atom stereocenters. The number of para-hydroxylation sites is 1. The van der Waals surface area contributed by atoms with Crippen LogP contribution in [0.4, 0.5) is 20.2 Å². The highest BCUT2D eigenvalue weighted by molar-refractivity contribution is 6.68. The molecule has 0 saturated carbocycles. The van der Waals surface area contributed by atoms with Crippen molar-refractivity contribution in [3.05, 3.63) is 54.6 Å². The first-order valence-corrected chi connectivity index (χ1v) is 8.30. The van der Waals surface area contributed by atoms with Crippen LogP contribution in [0.5, 0.6) is 5.75 Å². The molecule has 8 heteroatoms. The van der Waals surface area contributed by atoms with E-state index in [1.807, 2.05) is 6.07 Å². The van der Waals surface area contributed by atoms with Gasteiger partial charge in [-0.05, 0) is 24.3 Å². The summed E-state index contributed by atoms with van der Waals surface area (Å²) in [5, 5.41) is 15.3. The third-order valence-electron chi connectivity index (χ3n) is 3.44. The fourth-order valence-corrected chi connectivity index (χ4v) is 2.20. The summed E-state index contributed by atoms with van der Waals surface area (Å²) in [7, 11) is 0. The van der Waals surface area contributed by atoms with Crippen LogP contribution in [0.2, 0.25) is 0 Å². The van der Waals surface area contributed by atoms with Crippen LogP contribution in [0, 0.1) is 10.8 Å². The summed E-state index contributed by atoms with van der Waals surface area (Å²) < 4.78 is 28.8. The topological polar surface area (TPSA) is 98.7 Å². The summed E-state index contributed by atoms with van der Waals surface area (Å²) in [4.78, 5) is 20.6. The lowest BCUT2D eigenvalue weighted by atomic mass is 10.1. The maximum absolute atomic E-state index is 12.3. The Bertz CT molecular complexity index is 896. The number of carbonyl (C=O) groups is 1. The van der Waals surface area contributed by atoms with Crippen molar-refractivity contribution in [1.29, 1.82) is 10.8 Å². The fraction of sp³-hybridized carbons (Fsp3) is 0.150. The van der Waals surface area contributed by atoms with Crippen LogP contribution >= 0.6 is 0 Å². The number of aliphatic imine (C=N–C) groups is 2. The number of hydrogen-bond acceptors (Lipinski definition) is 6. The Morgan fingerprint density at radius 1 is 1.07 bits per heavy atom. The highest BCUT2D eigenvalue weighted by Crippen LogP contribution is 2.21. The van der Waals surface area contributed by atoms with Gasteiger partial charge in [-0.3, -0.25) is 20.2 Å². The Morgan fingerprint density at radius 2 is 1.79 bits per heavy atom. The van der Waals surface area contributed by atoms with Gasteiger partial charge >= 0.3 is 6.61 Å². The molecule has 2 N–H and O–H groups in total. The molecule has 0 spiro atoms. The molecule has 144 valence electrons. The van der Waals surface area contributed by atoms with Crippen molar-refractivity contribution in [3.8, 4) is 5.75 Å². The number of ketones is 1. The van der Waals surface area contributed by atoms with E-state index in [0.29, 0.717) is 11.4 Å². The van der Waals surface area contributed by atoms with Gasteiger partial charge in [0.1, 0.15) is 11.5 Å². The molecule has 2 aromatic carbocycles. The number of nitrogens with one attached hydrogen (secondary N) is 2. The molecule has 2 aromatic rings. The van der Waals surface area contributed by atoms with E-state index in [2.05, 4.69) is 14.7 Å². The third kappa shape index (κ3) is 6.64. The Hall–Kier alpha value is -3.55. The van der Waals surface area contributed by atoms with Gasteiger partial charge < -0.3 is 10.1 Å². The summed E-state index contributed by atoms with van der Waals surface area (Å²) in [5.74, 6) is -0.549. The molecular formula is C20H18F2N4O2. The highest BCUT2D eigenvalue weighted by Gasteiger charge is 2.15. The van der Waals surface area contributed by atoms with Crippen LogP contribution in [0.1, 0.15) is 12.8 Å². The van der Waals surface area contributed by atoms with Crippen molar-refractivity contribution in [2.24, 2.45) is 9.98 Å². The summed E-state index contributed by atoms with van der Waals surface area (Å²) in [6, 6.07) is 14.6. The molecule has 0 heterocycles. The molecule has 0 saturated heterocycles. The molecule has 2 rings (SSSR count). The van der Waals surface area contributed by atoms with Crippen molar-refractivity contribution < 1.29 is 18.3 Å². The third-order valence-corrected chi connectivity index (χ3v) is 3.44. The van der Waals surface area contributed by atoms with Crippen molar-refractivity contribution in [2.45, 2.75) is 19.5 Å². The molecule has 0 atom stereocenters. The van der Waals surface area contributed by atoms with E-state index in [9.17, 15) is 13.6 Å². The van der Waals surface area contributed by atoms with E-state index < -0.39 is 12.4 Å². The number of benzene rings is 2. The van der Waals surface area contributed by atoms with Crippen molar-refractivity contribution >= 4 is 41.0 Å². The molecule has 0 radical (unpaired) electrons. The second-order valence-electron chi connectivity index (χ2n) is 5.49. The Kier molecular flexibility index (Phi) is 7.83. The number of Topliss-reactive ketones (excluding diaryl/α,β-unsaturated/α-hetero) is 1. The Balaban J connectivity index is 2.04. The first-order chi connectivity index (χ1) is 13.5. The number of halogens is 2. The lowest BCUT2D eigenvalue weighted by Crippen LogP contribution is -2.23. The number of carbonyl (C=O) groups excluding carboxylic acids is 1. The quantitative estimate of drug-likeness (QED) is 0.576. The normalized spacial score (nSPS) is 11.6. The zero-order valence-electron chi connectivity index (χ0n) is 14.8. The summed E-state index contributed by atoms with van der Waals surface area (Å²) in [6.45, 7) is -2.93. The molecule has 28 heavy (non-hydrogen) atoms. The van der Waals surface area contributed by atoms with Gasteiger partial charge in [-0.25, -0.2) is 0 Å². The number of rotatable bonds is 10. The molecule has 0 aromatic heterocycles. The second-order valence-corrected chi connectivity index (χ2v) is 5.49. The standard InChI is InChI=1S/C20H18F2N4O2/c21-20(22)28-16-8-4-7-15(13-16)25-12-10-18(27)19(24)17(9-11-23)26-14-5-2-1-3-6-14/h1-8,11-13,20,23-24H,9-10H2. The second kappa shape index (κ2) is 10.6. The minimum absolute atomic E-state index is 0.0352. The molecule has 0 fully saturated rings. The van der Waals surface area contributed by atoms with Gasteiger partial charge in [0, 0.05) is 31.3 Å².